The molecule has 0 fully saturated rings. The van der Waals surface area contributed by atoms with Crippen molar-refractivity contribution in [3.8, 4) is 0 Å². The molecule has 0 radical (unpaired) electrons. The van der Waals surface area contributed by atoms with E-state index in [0.717, 1.165) is 22.2 Å². The molecule has 0 aromatic heterocycles. The summed E-state index contributed by atoms with van der Waals surface area (Å²) in [6.07, 6.45) is 2.82. The molecule has 0 N–H and O–H groups in total. The molecule has 0 atom stereocenters. The first kappa shape index (κ1) is 22.6. The fourth-order valence-electron chi connectivity index (χ4n) is 1.93. The summed E-state index contributed by atoms with van der Waals surface area (Å²) >= 11 is 3.32. The topological polar surface area (TPSA) is 96.0 Å². The molecule has 0 heterocycles. The quantitative estimate of drug-likeness (QED) is 0.181. The SMILES string of the molecule is CCOC(=O)/C=C/C(=O)OCCCCC(=O)OC(=O)Cc1ccccc1Br. The van der Waals surface area contributed by atoms with Gasteiger partial charge in [0.05, 0.1) is 19.6 Å². The second kappa shape index (κ2) is 12.8. The van der Waals surface area contributed by atoms with Crippen molar-refractivity contribution in [2.75, 3.05) is 13.2 Å². The van der Waals surface area contributed by atoms with Crippen molar-refractivity contribution in [1.29, 1.82) is 0 Å². The summed E-state index contributed by atoms with van der Waals surface area (Å²) in [5.41, 5.74) is 0.734. The zero-order valence-corrected chi connectivity index (χ0v) is 16.5. The molecule has 0 aliphatic carbocycles. The van der Waals surface area contributed by atoms with Crippen LogP contribution in [-0.4, -0.2) is 37.1 Å². The first-order chi connectivity index (χ1) is 12.9. The summed E-state index contributed by atoms with van der Waals surface area (Å²) in [4.78, 5) is 45.7. The fourth-order valence-corrected chi connectivity index (χ4v) is 2.36. The van der Waals surface area contributed by atoms with Crippen LogP contribution in [0.25, 0.3) is 0 Å². The molecule has 0 bridgehead atoms. The summed E-state index contributed by atoms with van der Waals surface area (Å²) in [5, 5.41) is 0. The van der Waals surface area contributed by atoms with Gasteiger partial charge in [0.1, 0.15) is 0 Å². The van der Waals surface area contributed by atoms with Gasteiger partial charge in [0.25, 0.3) is 0 Å². The number of halogens is 1. The van der Waals surface area contributed by atoms with E-state index in [0.29, 0.717) is 12.8 Å². The lowest BCUT2D eigenvalue weighted by Gasteiger charge is -2.05. The minimum absolute atomic E-state index is 0.00240. The first-order valence-electron chi connectivity index (χ1n) is 8.41. The van der Waals surface area contributed by atoms with E-state index in [2.05, 4.69) is 20.7 Å². The maximum Gasteiger partial charge on any atom is 0.331 e. The van der Waals surface area contributed by atoms with Crippen LogP contribution in [0.4, 0.5) is 0 Å². The Morgan fingerprint density at radius 3 is 2.30 bits per heavy atom. The van der Waals surface area contributed by atoms with Crippen LogP contribution in [0.2, 0.25) is 0 Å². The summed E-state index contributed by atoms with van der Waals surface area (Å²) in [7, 11) is 0. The monoisotopic (exact) mass is 440 g/mol. The molecule has 0 aliphatic rings. The number of hydrogen-bond donors (Lipinski definition) is 0. The summed E-state index contributed by atoms with van der Waals surface area (Å²) in [6, 6.07) is 7.18. The van der Waals surface area contributed by atoms with E-state index in [-0.39, 0.29) is 26.1 Å². The van der Waals surface area contributed by atoms with Gasteiger partial charge in [-0.3, -0.25) is 9.59 Å². The summed E-state index contributed by atoms with van der Waals surface area (Å²) < 4.78 is 15.0. The van der Waals surface area contributed by atoms with Crippen molar-refractivity contribution in [2.45, 2.75) is 32.6 Å². The minimum Gasteiger partial charge on any atom is -0.463 e. The van der Waals surface area contributed by atoms with Crippen molar-refractivity contribution in [3.63, 3.8) is 0 Å². The Hall–Kier alpha value is -2.48. The van der Waals surface area contributed by atoms with Gasteiger partial charge in [-0.2, -0.15) is 0 Å². The Bertz CT molecular complexity index is 697. The molecule has 0 amide bonds. The molecule has 27 heavy (non-hydrogen) atoms. The standard InChI is InChI=1S/C19H21BrO7/c1-2-25-16(21)10-11-17(22)26-12-6-5-9-18(23)27-19(24)13-14-7-3-4-8-15(14)20/h3-4,7-8,10-11H,2,5-6,9,12-13H2,1H3/b11-10+. The van der Waals surface area contributed by atoms with Gasteiger partial charge in [0.15, 0.2) is 0 Å². The predicted octanol–water partition coefficient (Wildman–Crippen LogP) is 2.89. The molecule has 0 unspecified atom stereocenters. The third-order valence-electron chi connectivity index (χ3n) is 3.18. The molecular weight excluding hydrogens is 420 g/mol. The van der Waals surface area contributed by atoms with Crippen LogP contribution in [0, 0.1) is 0 Å². The molecule has 0 aliphatic heterocycles. The highest BCUT2D eigenvalue weighted by atomic mass is 79.9. The second-order valence-electron chi connectivity index (χ2n) is 5.32. The largest absolute Gasteiger partial charge is 0.463 e. The van der Waals surface area contributed by atoms with Crippen LogP contribution in [-0.2, 0) is 39.8 Å². The Morgan fingerprint density at radius 1 is 0.963 bits per heavy atom. The maximum atomic E-state index is 11.7. The van der Waals surface area contributed by atoms with E-state index in [1.54, 1.807) is 25.1 Å². The highest BCUT2D eigenvalue weighted by Crippen LogP contribution is 2.16. The van der Waals surface area contributed by atoms with Crippen molar-refractivity contribution < 1.29 is 33.4 Å². The Morgan fingerprint density at radius 2 is 1.63 bits per heavy atom. The average Bonchev–Trinajstić information content (AvgIpc) is 2.62. The number of carbonyl (C=O) groups is 4. The van der Waals surface area contributed by atoms with Crippen LogP contribution >= 0.6 is 15.9 Å². The molecule has 0 spiro atoms. The highest BCUT2D eigenvalue weighted by molar-refractivity contribution is 9.10. The Kier molecular flexibility index (Phi) is 10.7. The van der Waals surface area contributed by atoms with Gasteiger partial charge in [-0.05, 0) is 31.4 Å². The molecule has 146 valence electrons. The highest BCUT2D eigenvalue weighted by Gasteiger charge is 2.12. The number of carbonyl (C=O) groups excluding carboxylic acids is 4. The van der Waals surface area contributed by atoms with Gasteiger partial charge in [-0.1, -0.05) is 34.1 Å². The van der Waals surface area contributed by atoms with Gasteiger partial charge < -0.3 is 14.2 Å². The van der Waals surface area contributed by atoms with Crippen LogP contribution in [0.15, 0.2) is 40.9 Å². The molecule has 1 aromatic rings. The average molecular weight is 441 g/mol. The predicted molar refractivity (Wildman–Crippen MR) is 99.5 cm³/mol. The van der Waals surface area contributed by atoms with Gasteiger partial charge >= 0.3 is 23.9 Å². The van der Waals surface area contributed by atoms with Crippen molar-refractivity contribution >= 4 is 39.8 Å². The van der Waals surface area contributed by atoms with Crippen molar-refractivity contribution in [3.05, 3.63) is 46.5 Å². The lowest BCUT2D eigenvalue weighted by Crippen LogP contribution is -2.14. The number of ether oxygens (including phenoxy) is 3. The normalized spacial score (nSPS) is 10.4. The number of hydrogen-bond acceptors (Lipinski definition) is 7. The van der Waals surface area contributed by atoms with E-state index in [4.69, 9.17) is 9.47 Å². The van der Waals surface area contributed by atoms with E-state index < -0.39 is 23.9 Å². The number of unbranched alkanes of at least 4 members (excludes halogenated alkanes) is 1. The molecular formula is C19H21BrO7. The molecule has 7 nitrogen and oxygen atoms in total. The van der Waals surface area contributed by atoms with Crippen LogP contribution in [0.5, 0.6) is 0 Å². The number of benzene rings is 1. The van der Waals surface area contributed by atoms with Crippen molar-refractivity contribution in [2.24, 2.45) is 0 Å². The van der Waals surface area contributed by atoms with Gasteiger partial charge in [0.2, 0.25) is 0 Å². The molecule has 8 heteroatoms. The maximum absolute atomic E-state index is 11.7. The lowest BCUT2D eigenvalue weighted by atomic mass is 10.1. The smallest absolute Gasteiger partial charge is 0.331 e. The van der Waals surface area contributed by atoms with Crippen molar-refractivity contribution in [1.82, 2.24) is 0 Å². The third-order valence-corrected chi connectivity index (χ3v) is 3.96. The number of esters is 4. The lowest BCUT2D eigenvalue weighted by molar-refractivity contribution is -0.159. The summed E-state index contributed by atoms with van der Waals surface area (Å²) in [5.74, 6) is -2.54. The molecule has 0 saturated carbocycles. The second-order valence-corrected chi connectivity index (χ2v) is 6.18. The summed E-state index contributed by atoms with van der Waals surface area (Å²) in [6.45, 7) is 1.97. The van der Waals surface area contributed by atoms with Crippen LogP contribution in [0.3, 0.4) is 0 Å². The number of rotatable bonds is 10. The third kappa shape index (κ3) is 10.3. The van der Waals surface area contributed by atoms with Gasteiger partial charge in [0, 0.05) is 23.0 Å². The van der Waals surface area contributed by atoms with E-state index in [1.807, 2.05) is 6.07 Å². The first-order valence-corrected chi connectivity index (χ1v) is 9.20. The zero-order chi connectivity index (χ0) is 20.1. The van der Waals surface area contributed by atoms with Gasteiger partial charge in [-0.25, -0.2) is 9.59 Å². The Labute approximate surface area is 165 Å². The van der Waals surface area contributed by atoms with E-state index >= 15 is 0 Å². The Balaban J connectivity index is 2.16. The van der Waals surface area contributed by atoms with Crippen LogP contribution in [0.1, 0.15) is 31.7 Å². The van der Waals surface area contributed by atoms with Crippen LogP contribution < -0.4 is 0 Å². The fraction of sp³-hybridized carbons (Fsp3) is 0.368. The molecule has 1 rings (SSSR count). The van der Waals surface area contributed by atoms with Gasteiger partial charge in [-0.15, -0.1) is 0 Å². The van der Waals surface area contributed by atoms with E-state index in [1.165, 1.54) is 0 Å². The molecule has 0 saturated heterocycles. The minimum atomic E-state index is -0.672. The molecule has 1 aromatic carbocycles. The zero-order valence-electron chi connectivity index (χ0n) is 14.9. The van der Waals surface area contributed by atoms with E-state index in [9.17, 15) is 19.2 Å².